The fourth-order valence-electron chi connectivity index (χ4n) is 2.86. The number of hydrogen-bond acceptors (Lipinski definition) is 3. The molecule has 106 valence electrons. The van der Waals surface area contributed by atoms with Crippen LogP contribution in [0.3, 0.4) is 0 Å². The van der Waals surface area contributed by atoms with Crippen LogP contribution in [0.5, 0.6) is 0 Å². The molecule has 3 heterocycles. The number of imidazole rings is 1. The number of aryl methyl sites for hydroxylation is 1. The van der Waals surface area contributed by atoms with Crippen LogP contribution in [0.2, 0.25) is 0 Å². The largest absolute Gasteiger partial charge is 0.300 e. The fourth-order valence-corrected chi connectivity index (χ4v) is 3.22. The van der Waals surface area contributed by atoms with Crippen molar-refractivity contribution < 1.29 is 0 Å². The van der Waals surface area contributed by atoms with Crippen LogP contribution in [0, 0.1) is 0 Å². The molecule has 0 bridgehead atoms. The van der Waals surface area contributed by atoms with Crippen LogP contribution in [0.15, 0.2) is 35.3 Å². The molecule has 21 heavy (non-hydrogen) atoms. The van der Waals surface area contributed by atoms with Gasteiger partial charge in [0.1, 0.15) is 6.33 Å². The van der Waals surface area contributed by atoms with Crippen molar-refractivity contribution in [2.75, 3.05) is 0 Å². The van der Waals surface area contributed by atoms with E-state index in [0.717, 1.165) is 40.1 Å². The Morgan fingerprint density at radius 2 is 2.19 bits per heavy atom. The predicted octanol–water partition coefficient (Wildman–Crippen LogP) is 3.21. The normalized spacial score (nSPS) is 12.5. The minimum absolute atomic E-state index is 0.705. The first-order valence-corrected chi connectivity index (χ1v) is 7.80. The smallest absolute Gasteiger partial charge is 0.160 e. The third-order valence-corrected chi connectivity index (χ3v) is 4.31. The van der Waals surface area contributed by atoms with Gasteiger partial charge in [-0.25, -0.2) is 14.6 Å². The number of benzene rings is 1. The Hall–Kier alpha value is -1.95. The van der Waals surface area contributed by atoms with E-state index in [1.54, 1.807) is 6.33 Å². The molecule has 0 fully saturated rings. The molecule has 0 radical (unpaired) electrons. The minimum atomic E-state index is 0.705. The highest BCUT2D eigenvalue weighted by Crippen LogP contribution is 2.33. The van der Waals surface area contributed by atoms with Gasteiger partial charge in [-0.15, -0.1) is 0 Å². The second-order valence-electron chi connectivity index (χ2n) is 5.16. The molecule has 0 amide bonds. The summed E-state index contributed by atoms with van der Waals surface area (Å²) in [6.07, 6.45) is 5.60. The molecule has 3 aromatic rings. The molecular weight excluding hydrogens is 330 g/mol. The van der Waals surface area contributed by atoms with Gasteiger partial charge in [-0.05, 0) is 24.6 Å². The van der Waals surface area contributed by atoms with Crippen molar-refractivity contribution in [1.29, 1.82) is 0 Å². The molecular formula is C15H14BrN5. The van der Waals surface area contributed by atoms with E-state index >= 15 is 0 Å². The molecule has 0 aliphatic carbocycles. The molecule has 1 aromatic carbocycles. The topological polar surface area (TPSA) is 48.5 Å². The Balaban J connectivity index is 2.02. The van der Waals surface area contributed by atoms with E-state index in [1.807, 2.05) is 17.1 Å². The fraction of sp³-hybridized carbons (Fsp3) is 0.267. The summed E-state index contributed by atoms with van der Waals surface area (Å²) in [5.41, 5.74) is 4.52. The summed E-state index contributed by atoms with van der Waals surface area (Å²) in [6.45, 7) is 2.88. The maximum absolute atomic E-state index is 4.60. The summed E-state index contributed by atoms with van der Waals surface area (Å²) >= 11 is 3.54. The SMILES string of the molecule is CCCc1ncn2c1Cn1ncnc1-c1cc(Br)ccc1-2. The molecule has 0 unspecified atom stereocenters. The Labute approximate surface area is 130 Å². The molecule has 0 atom stereocenters. The van der Waals surface area contributed by atoms with E-state index in [1.165, 1.54) is 5.69 Å². The summed E-state index contributed by atoms with van der Waals surface area (Å²) < 4.78 is 5.15. The molecule has 6 heteroatoms. The summed E-state index contributed by atoms with van der Waals surface area (Å²) in [5, 5.41) is 4.37. The zero-order valence-corrected chi connectivity index (χ0v) is 13.2. The lowest BCUT2D eigenvalue weighted by molar-refractivity contribution is 0.668. The summed E-state index contributed by atoms with van der Waals surface area (Å²) in [4.78, 5) is 9.03. The van der Waals surface area contributed by atoms with Crippen molar-refractivity contribution in [3.63, 3.8) is 0 Å². The number of nitrogens with zero attached hydrogens (tertiary/aromatic N) is 5. The molecule has 4 rings (SSSR count). The summed E-state index contributed by atoms with van der Waals surface area (Å²) in [6, 6.07) is 6.24. The minimum Gasteiger partial charge on any atom is -0.300 e. The lowest BCUT2D eigenvalue weighted by Crippen LogP contribution is -2.06. The third-order valence-electron chi connectivity index (χ3n) is 3.81. The quantitative estimate of drug-likeness (QED) is 0.561. The van der Waals surface area contributed by atoms with Gasteiger partial charge in [-0.3, -0.25) is 0 Å². The van der Waals surface area contributed by atoms with Crippen molar-refractivity contribution in [3.05, 3.63) is 46.7 Å². The average Bonchev–Trinajstić information content (AvgIpc) is 3.06. The third kappa shape index (κ3) is 1.93. The molecule has 0 saturated heterocycles. The number of rotatable bonds is 2. The first-order chi connectivity index (χ1) is 10.3. The second-order valence-corrected chi connectivity index (χ2v) is 6.08. The van der Waals surface area contributed by atoms with Gasteiger partial charge in [-0.2, -0.15) is 5.10 Å². The van der Waals surface area contributed by atoms with Gasteiger partial charge >= 0.3 is 0 Å². The number of fused-ring (bicyclic) bond motifs is 5. The van der Waals surface area contributed by atoms with Crippen LogP contribution in [0.25, 0.3) is 17.1 Å². The van der Waals surface area contributed by atoms with Crippen molar-refractivity contribution >= 4 is 15.9 Å². The van der Waals surface area contributed by atoms with E-state index in [9.17, 15) is 0 Å². The highest BCUT2D eigenvalue weighted by molar-refractivity contribution is 9.10. The first-order valence-electron chi connectivity index (χ1n) is 7.01. The molecule has 0 N–H and O–H groups in total. The molecule has 0 saturated carbocycles. The van der Waals surface area contributed by atoms with Gasteiger partial charge in [-0.1, -0.05) is 29.3 Å². The van der Waals surface area contributed by atoms with Gasteiger partial charge in [0.15, 0.2) is 5.82 Å². The van der Waals surface area contributed by atoms with Crippen LogP contribution >= 0.6 is 15.9 Å². The maximum Gasteiger partial charge on any atom is 0.160 e. The van der Waals surface area contributed by atoms with Gasteiger partial charge in [0.05, 0.1) is 29.9 Å². The molecule has 1 aliphatic heterocycles. The standard InChI is InChI=1S/C15H14BrN5/c1-2-3-12-14-7-21-15(17-8-19-21)11-6-10(16)4-5-13(11)20(14)9-18-12/h4-6,8-9H,2-3,7H2,1H3. The Kier molecular flexibility index (Phi) is 2.92. The average molecular weight is 344 g/mol. The van der Waals surface area contributed by atoms with Crippen LogP contribution < -0.4 is 0 Å². The van der Waals surface area contributed by atoms with E-state index in [2.05, 4.69) is 54.6 Å². The predicted molar refractivity (Wildman–Crippen MR) is 83.4 cm³/mol. The highest BCUT2D eigenvalue weighted by atomic mass is 79.9. The monoisotopic (exact) mass is 343 g/mol. The first kappa shape index (κ1) is 12.8. The van der Waals surface area contributed by atoms with E-state index in [-0.39, 0.29) is 0 Å². The molecule has 2 aromatic heterocycles. The van der Waals surface area contributed by atoms with Crippen molar-refractivity contribution in [3.8, 4) is 17.1 Å². The van der Waals surface area contributed by atoms with Crippen molar-refractivity contribution in [1.82, 2.24) is 24.3 Å². The zero-order valence-electron chi connectivity index (χ0n) is 11.6. The molecule has 1 aliphatic rings. The number of aromatic nitrogens is 5. The van der Waals surface area contributed by atoms with Gasteiger partial charge in [0.25, 0.3) is 0 Å². The van der Waals surface area contributed by atoms with Crippen molar-refractivity contribution in [2.24, 2.45) is 0 Å². The lowest BCUT2D eigenvalue weighted by Gasteiger charge is -2.09. The van der Waals surface area contributed by atoms with Gasteiger partial charge in [0, 0.05) is 10.0 Å². The maximum atomic E-state index is 4.60. The number of halogens is 1. The second kappa shape index (κ2) is 4.80. The van der Waals surface area contributed by atoms with E-state index < -0.39 is 0 Å². The summed E-state index contributed by atoms with van der Waals surface area (Å²) in [7, 11) is 0. The Morgan fingerprint density at radius 1 is 1.29 bits per heavy atom. The van der Waals surface area contributed by atoms with Gasteiger partial charge < -0.3 is 4.57 Å². The van der Waals surface area contributed by atoms with Crippen molar-refractivity contribution in [2.45, 2.75) is 26.3 Å². The van der Waals surface area contributed by atoms with Gasteiger partial charge in [0.2, 0.25) is 0 Å². The Bertz CT molecular complexity index is 817. The molecule has 0 spiro atoms. The highest BCUT2D eigenvalue weighted by Gasteiger charge is 2.23. The van der Waals surface area contributed by atoms with Crippen LogP contribution in [-0.4, -0.2) is 24.3 Å². The Morgan fingerprint density at radius 3 is 3.05 bits per heavy atom. The summed E-state index contributed by atoms with van der Waals surface area (Å²) in [5.74, 6) is 0.900. The van der Waals surface area contributed by atoms with Crippen LogP contribution in [-0.2, 0) is 13.0 Å². The molecule has 5 nitrogen and oxygen atoms in total. The van der Waals surface area contributed by atoms with Crippen LogP contribution in [0.4, 0.5) is 0 Å². The van der Waals surface area contributed by atoms with E-state index in [0.29, 0.717) is 6.54 Å². The van der Waals surface area contributed by atoms with Crippen LogP contribution in [0.1, 0.15) is 24.7 Å². The zero-order chi connectivity index (χ0) is 14.4. The lowest BCUT2D eigenvalue weighted by atomic mass is 10.1. The number of hydrogen-bond donors (Lipinski definition) is 0. The van der Waals surface area contributed by atoms with E-state index in [4.69, 9.17) is 0 Å².